The van der Waals surface area contributed by atoms with Crippen LogP contribution in [0.5, 0.6) is 0 Å². The van der Waals surface area contributed by atoms with Gasteiger partial charge in [0.25, 0.3) is 5.91 Å². The monoisotopic (exact) mass is 504 g/mol. The van der Waals surface area contributed by atoms with Crippen LogP contribution in [-0.4, -0.2) is 40.8 Å². The van der Waals surface area contributed by atoms with Crippen LogP contribution in [0.1, 0.15) is 40.7 Å². The number of carboxylic acids is 1. The Balaban J connectivity index is 1.60. The predicted molar refractivity (Wildman–Crippen MR) is 131 cm³/mol. The van der Waals surface area contributed by atoms with Crippen LogP contribution in [0, 0.1) is 5.92 Å². The minimum atomic E-state index is -1.19. The molecule has 0 radical (unpaired) electrons. The molecule has 0 aromatic heterocycles. The maximum atomic E-state index is 12.7. The first-order chi connectivity index (χ1) is 16.1. The molecule has 34 heavy (non-hydrogen) atoms. The van der Waals surface area contributed by atoms with Gasteiger partial charge in [-0.15, -0.1) is 0 Å². The Morgan fingerprint density at radius 1 is 1.03 bits per heavy atom. The SMILES string of the molecule is NC(N)=N[C@H]1CC[C@@H](C(=O)Cc2ccc(C[C@H](NC(=O)c3c(Cl)cccc3Cl)C(=O)O)cc2)C1. The molecule has 1 saturated carbocycles. The largest absolute Gasteiger partial charge is 0.480 e. The van der Waals surface area contributed by atoms with Gasteiger partial charge in [0.05, 0.1) is 21.7 Å². The van der Waals surface area contributed by atoms with Gasteiger partial charge in [-0.25, -0.2) is 4.79 Å². The van der Waals surface area contributed by atoms with Gasteiger partial charge in [0.15, 0.2) is 5.96 Å². The number of guanidine groups is 1. The van der Waals surface area contributed by atoms with E-state index in [9.17, 15) is 19.5 Å². The molecule has 0 heterocycles. The molecule has 3 atom stereocenters. The topological polar surface area (TPSA) is 148 Å². The molecule has 1 fully saturated rings. The lowest BCUT2D eigenvalue weighted by molar-refractivity contribution is -0.139. The van der Waals surface area contributed by atoms with Crippen LogP contribution < -0.4 is 16.8 Å². The fourth-order valence-corrected chi connectivity index (χ4v) is 4.67. The van der Waals surface area contributed by atoms with Gasteiger partial charge in [-0.2, -0.15) is 0 Å². The van der Waals surface area contributed by atoms with Gasteiger partial charge in [0.1, 0.15) is 11.8 Å². The zero-order chi connectivity index (χ0) is 24.8. The van der Waals surface area contributed by atoms with Crippen LogP contribution in [0.15, 0.2) is 47.5 Å². The highest BCUT2D eigenvalue weighted by molar-refractivity contribution is 6.39. The molecule has 1 amide bonds. The first kappa shape index (κ1) is 25.5. The van der Waals surface area contributed by atoms with E-state index in [-0.39, 0.29) is 52.2 Å². The van der Waals surface area contributed by atoms with Gasteiger partial charge < -0.3 is 21.9 Å². The van der Waals surface area contributed by atoms with E-state index in [0.717, 1.165) is 18.4 Å². The number of carbonyl (C=O) groups is 3. The van der Waals surface area contributed by atoms with Crippen molar-refractivity contribution in [2.45, 2.75) is 44.2 Å². The minimum absolute atomic E-state index is 0.00913. The molecule has 0 unspecified atom stereocenters. The summed E-state index contributed by atoms with van der Waals surface area (Å²) < 4.78 is 0. The van der Waals surface area contributed by atoms with Gasteiger partial charge >= 0.3 is 5.97 Å². The Morgan fingerprint density at radius 3 is 2.24 bits per heavy atom. The third-order valence-electron chi connectivity index (χ3n) is 5.83. The van der Waals surface area contributed by atoms with Gasteiger partial charge in [-0.05, 0) is 42.5 Å². The lowest BCUT2D eigenvalue weighted by Crippen LogP contribution is -2.42. The van der Waals surface area contributed by atoms with Gasteiger partial charge in [-0.3, -0.25) is 14.6 Å². The molecule has 0 bridgehead atoms. The van der Waals surface area contributed by atoms with Crippen molar-refractivity contribution in [3.63, 3.8) is 0 Å². The van der Waals surface area contributed by atoms with E-state index in [1.165, 1.54) is 12.1 Å². The van der Waals surface area contributed by atoms with Gasteiger partial charge in [0.2, 0.25) is 0 Å². The standard InChI is InChI=1S/C24H26Cl2N4O4/c25-17-2-1-3-18(26)21(17)22(32)30-19(23(33)34)10-13-4-6-14(7-5-13)11-20(31)15-8-9-16(12-15)29-24(27)28/h1-7,15-16,19H,8-12H2,(H,30,32)(H,33,34)(H4,27,28,29)/t15-,16+,19+/m1/s1. The molecule has 0 saturated heterocycles. The molecule has 10 heteroatoms. The van der Waals surface area contributed by atoms with Crippen molar-refractivity contribution < 1.29 is 19.5 Å². The Morgan fingerprint density at radius 2 is 1.65 bits per heavy atom. The first-order valence-electron chi connectivity index (χ1n) is 10.8. The summed E-state index contributed by atoms with van der Waals surface area (Å²) in [6, 6.07) is 10.5. The molecule has 2 aromatic rings. The maximum Gasteiger partial charge on any atom is 0.326 e. The summed E-state index contributed by atoms with van der Waals surface area (Å²) in [5, 5.41) is 12.3. The van der Waals surface area contributed by atoms with Crippen molar-refractivity contribution in [1.29, 1.82) is 0 Å². The molecule has 0 spiro atoms. The molecule has 0 aliphatic heterocycles. The number of benzene rings is 2. The first-order valence-corrected chi connectivity index (χ1v) is 11.6. The zero-order valence-corrected chi connectivity index (χ0v) is 19.9. The number of carboxylic acid groups (broad SMARTS) is 1. The number of halogens is 2. The second-order valence-electron chi connectivity index (χ2n) is 8.34. The predicted octanol–water partition coefficient (Wildman–Crippen LogP) is 2.97. The number of hydrogen-bond acceptors (Lipinski definition) is 4. The van der Waals surface area contributed by atoms with Gasteiger partial charge in [0, 0.05) is 18.8 Å². The number of aliphatic carboxylic acids is 1. The summed E-state index contributed by atoms with van der Waals surface area (Å²) in [6.07, 6.45) is 2.52. The lowest BCUT2D eigenvalue weighted by Gasteiger charge is -2.16. The number of ketones is 1. The highest BCUT2D eigenvalue weighted by Gasteiger charge is 2.29. The summed E-state index contributed by atoms with van der Waals surface area (Å²) >= 11 is 12.1. The third-order valence-corrected chi connectivity index (χ3v) is 6.46. The minimum Gasteiger partial charge on any atom is -0.480 e. The second-order valence-corrected chi connectivity index (χ2v) is 9.16. The number of amides is 1. The van der Waals surface area contributed by atoms with Crippen LogP contribution in [0.25, 0.3) is 0 Å². The van der Waals surface area contributed by atoms with E-state index in [1.807, 2.05) is 0 Å². The number of Topliss-reactive ketones (excluding diaryl/α,β-unsaturated/α-hetero) is 1. The number of hydrogen-bond donors (Lipinski definition) is 4. The lowest BCUT2D eigenvalue weighted by atomic mass is 9.95. The normalized spacial score (nSPS) is 18.2. The highest BCUT2D eigenvalue weighted by Crippen LogP contribution is 2.29. The average molecular weight is 505 g/mol. The summed E-state index contributed by atoms with van der Waals surface area (Å²) in [4.78, 5) is 41.1. The van der Waals surface area contributed by atoms with Gasteiger partial charge in [-0.1, -0.05) is 53.5 Å². The summed E-state index contributed by atoms with van der Waals surface area (Å²) in [5.74, 6) is -1.75. The van der Waals surface area contributed by atoms with Crippen molar-refractivity contribution >= 4 is 46.8 Å². The van der Waals surface area contributed by atoms with E-state index < -0.39 is 17.9 Å². The molecule has 180 valence electrons. The Kier molecular flexibility index (Phi) is 8.52. The average Bonchev–Trinajstić information content (AvgIpc) is 3.22. The number of nitrogens with two attached hydrogens (primary N) is 2. The van der Waals surface area contributed by atoms with Crippen molar-refractivity contribution in [2.24, 2.45) is 22.4 Å². The van der Waals surface area contributed by atoms with E-state index >= 15 is 0 Å². The van der Waals surface area contributed by atoms with Crippen LogP contribution in [0.3, 0.4) is 0 Å². The van der Waals surface area contributed by atoms with Crippen molar-refractivity contribution in [3.8, 4) is 0 Å². The van der Waals surface area contributed by atoms with Crippen LogP contribution in [0.4, 0.5) is 0 Å². The molecular formula is C24H26Cl2N4O4. The maximum absolute atomic E-state index is 12.7. The van der Waals surface area contributed by atoms with E-state index in [1.54, 1.807) is 30.3 Å². The molecule has 6 N–H and O–H groups in total. The number of carbonyl (C=O) groups excluding carboxylic acids is 2. The second kappa shape index (κ2) is 11.4. The quantitative estimate of drug-likeness (QED) is 0.304. The Labute approximate surface area is 207 Å². The number of rotatable bonds is 9. The number of aliphatic imine (C=N–C) groups is 1. The summed E-state index contributed by atoms with van der Waals surface area (Å²) in [5.41, 5.74) is 12.4. The molecular weight excluding hydrogens is 479 g/mol. The highest BCUT2D eigenvalue weighted by atomic mass is 35.5. The molecule has 8 nitrogen and oxygen atoms in total. The molecule has 3 rings (SSSR count). The third kappa shape index (κ3) is 6.71. The van der Waals surface area contributed by atoms with E-state index in [4.69, 9.17) is 34.7 Å². The van der Waals surface area contributed by atoms with Crippen molar-refractivity contribution in [2.75, 3.05) is 0 Å². The fraction of sp³-hybridized carbons (Fsp3) is 0.333. The van der Waals surface area contributed by atoms with Crippen LogP contribution in [0.2, 0.25) is 10.0 Å². The summed E-state index contributed by atoms with van der Waals surface area (Å²) in [6.45, 7) is 0. The Hall–Kier alpha value is -3.10. The van der Waals surface area contributed by atoms with E-state index in [0.29, 0.717) is 12.0 Å². The zero-order valence-electron chi connectivity index (χ0n) is 18.3. The van der Waals surface area contributed by atoms with Crippen LogP contribution >= 0.6 is 23.2 Å². The van der Waals surface area contributed by atoms with Crippen LogP contribution in [-0.2, 0) is 22.4 Å². The summed E-state index contributed by atoms with van der Waals surface area (Å²) in [7, 11) is 0. The fourth-order valence-electron chi connectivity index (χ4n) is 4.10. The van der Waals surface area contributed by atoms with Crippen molar-refractivity contribution in [1.82, 2.24) is 5.32 Å². The smallest absolute Gasteiger partial charge is 0.326 e. The van der Waals surface area contributed by atoms with Crippen molar-refractivity contribution in [3.05, 3.63) is 69.2 Å². The molecule has 1 aliphatic rings. The number of nitrogens with one attached hydrogen (secondary N) is 1. The molecule has 2 aromatic carbocycles. The molecule has 1 aliphatic carbocycles. The Bertz CT molecular complexity index is 1080. The van der Waals surface area contributed by atoms with E-state index in [2.05, 4.69) is 10.3 Å². The number of nitrogens with zero attached hydrogens (tertiary/aromatic N) is 1.